The predicted molar refractivity (Wildman–Crippen MR) is 63.8 cm³/mol. The molecule has 1 fully saturated rings. The van der Waals surface area contributed by atoms with Crippen molar-refractivity contribution in [3.63, 3.8) is 0 Å². The van der Waals surface area contributed by atoms with Gasteiger partial charge in [0, 0.05) is 25.2 Å². The van der Waals surface area contributed by atoms with Gasteiger partial charge in [-0.25, -0.2) is 4.79 Å². The van der Waals surface area contributed by atoms with E-state index in [1.807, 2.05) is 33.2 Å². The van der Waals surface area contributed by atoms with Crippen LogP contribution in [0.1, 0.15) is 38.7 Å². The van der Waals surface area contributed by atoms with E-state index in [1.165, 1.54) is 0 Å². The summed E-state index contributed by atoms with van der Waals surface area (Å²) in [4.78, 5) is 13.6. The van der Waals surface area contributed by atoms with Crippen LogP contribution < -0.4 is 0 Å². The first-order valence-corrected chi connectivity index (χ1v) is 5.92. The predicted octanol–water partition coefficient (Wildman–Crippen LogP) is 2.13. The van der Waals surface area contributed by atoms with Crippen LogP contribution in [-0.4, -0.2) is 39.9 Å². The molecule has 1 aliphatic heterocycles. The first-order chi connectivity index (χ1) is 7.96. The highest BCUT2D eigenvalue weighted by atomic mass is 16.6. The first-order valence-electron chi connectivity index (χ1n) is 5.92. The fourth-order valence-corrected chi connectivity index (χ4v) is 2.01. The summed E-state index contributed by atoms with van der Waals surface area (Å²) in [5.41, 5.74) is 0.737. The van der Waals surface area contributed by atoms with Gasteiger partial charge in [-0.05, 0) is 32.8 Å². The summed E-state index contributed by atoms with van der Waals surface area (Å²) in [6, 6.07) is 0. The van der Waals surface area contributed by atoms with Crippen molar-refractivity contribution < 1.29 is 9.53 Å². The van der Waals surface area contributed by atoms with Crippen LogP contribution in [0.2, 0.25) is 0 Å². The van der Waals surface area contributed by atoms with Crippen LogP contribution >= 0.6 is 0 Å². The van der Waals surface area contributed by atoms with Gasteiger partial charge in [0.25, 0.3) is 0 Å². The molecule has 0 spiro atoms. The van der Waals surface area contributed by atoms with Crippen molar-refractivity contribution in [2.24, 2.45) is 0 Å². The minimum Gasteiger partial charge on any atom is -0.444 e. The number of aromatic amines is 1. The number of nitrogens with zero attached hydrogens (tertiary/aromatic N) is 2. The van der Waals surface area contributed by atoms with Crippen molar-refractivity contribution in [2.75, 3.05) is 13.1 Å². The van der Waals surface area contributed by atoms with Crippen LogP contribution in [0.25, 0.3) is 0 Å². The van der Waals surface area contributed by atoms with E-state index in [0.717, 1.165) is 18.5 Å². The van der Waals surface area contributed by atoms with Crippen LogP contribution in [0.4, 0.5) is 4.79 Å². The highest BCUT2D eigenvalue weighted by Gasteiger charge is 2.30. The maximum Gasteiger partial charge on any atom is 0.410 e. The van der Waals surface area contributed by atoms with E-state index in [4.69, 9.17) is 4.74 Å². The Balaban J connectivity index is 1.92. The van der Waals surface area contributed by atoms with Crippen LogP contribution in [0.15, 0.2) is 12.4 Å². The summed E-state index contributed by atoms with van der Waals surface area (Å²) in [6.45, 7) is 7.12. The quantitative estimate of drug-likeness (QED) is 0.814. The molecule has 2 heterocycles. The van der Waals surface area contributed by atoms with Crippen LogP contribution in [0, 0.1) is 0 Å². The molecule has 1 atom stereocenters. The zero-order chi connectivity index (χ0) is 12.5. The maximum atomic E-state index is 11.9. The number of carbonyl (C=O) groups is 1. The molecule has 0 aromatic carbocycles. The number of hydrogen-bond acceptors (Lipinski definition) is 3. The lowest BCUT2D eigenvalue weighted by Crippen LogP contribution is -2.35. The topological polar surface area (TPSA) is 58.2 Å². The second-order valence-electron chi connectivity index (χ2n) is 5.44. The number of aromatic nitrogens is 2. The van der Waals surface area contributed by atoms with Crippen molar-refractivity contribution in [2.45, 2.75) is 38.7 Å². The number of H-pyrrole nitrogens is 1. The van der Waals surface area contributed by atoms with Crippen molar-refractivity contribution in [1.29, 1.82) is 0 Å². The molecule has 0 aliphatic carbocycles. The Kier molecular flexibility index (Phi) is 3.09. The summed E-state index contributed by atoms with van der Waals surface area (Å²) in [7, 11) is 0. The number of likely N-dealkylation sites (tertiary alicyclic amines) is 1. The van der Waals surface area contributed by atoms with E-state index < -0.39 is 5.60 Å². The van der Waals surface area contributed by atoms with E-state index in [2.05, 4.69) is 10.2 Å². The van der Waals surface area contributed by atoms with Gasteiger partial charge in [-0.2, -0.15) is 5.10 Å². The normalized spacial score (nSPS) is 20.6. The molecule has 0 radical (unpaired) electrons. The fraction of sp³-hybridized carbons (Fsp3) is 0.667. The SMILES string of the molecule is CC(C)(C)OC(=O)N1CC[C@H](c2cn[nH]c2)C1. The lowest BCUT2D eigenvalue weighted by Gasteiger charge is -2.24. The zero-order valence-electron chi connectivity index (χ0n) is 10.6. The van der Waals surface area contributed by atoms with Crippen LogP contribution in [0.5, 0.6) is 0 Å². The third kappa shape index (κ3) is 2.99. The molecule has 1 aliphatic rings. The Hall–Kier alpha value is -1.52. The zero-order valence-corrected chi connectivity index (χ0v) is 10.6. The molecule has 2 rings (SSSR count). The van der Waals surface area contributed by atoms with E-state index in [1.54, 1.807) is 4.90 Å². The summed E-state index contributed by atoms with van der Waals surface area (Å²) in [5, 5.41) is 6.74. The second kappa shape index (κ2) is 4.39. The minimum atomic E-state index is -0.426. The summed E-state index contributed by atoms with van der Waals surface area (Å²) in [6.07, 6.45) is 4.47. The van der Waals surface area contributed by atoms with Gasteiger partial charge in [0.15, 0.2) is 0 Å². The van der Waals surface area contributed by atoms with E-state index >= 15 is 0 Å². The molecular weight excluding hydrogens is 218 g/mol. The lowest BCUT2D eigenvalue weighted by molar-refractivity contribution is 0.0292. The molecule has 1 amide bonds. The Morgan fingerprint density at radius 1 is 1.59 bits per heavy atom. The molecule has 5 nitrogen and oxygen atoms in total. The largest absolute Gasteiger partial charge is 0.444 e. The molecule has 1 N–H and O–H groups in total. The molecule has 0 unspecified atom stereocenters. The number of ether oxygens (including phenoxy) is 1. The highest BCUT2D eigenvalue weighted by Crippen LogP contribution is 2.27. The first kappa shape index (κ1) is 12.0. The molecule has 1 saturated heterocycles. The van der Waals surface area contributed by atoms with E-state index in [-0.39, 0.29) is 6.09 Å². The van der Waals surface area contributed by atoms with Gasteiger partial charge >= 0.3 is 6.09 Å². The smallest absolute Gasteiger partial charge is 0.410 e. The van der Waals surface area contributed by atoms with Gasteiger partial charge in [-0.1, -0.05) is 0 Å². The van der Waals surface area contributed by atoms with Crippen molar-refractivity contribution in [3.8, 4) is 0 Å². The average Bonchev–Trinajstić information content (AvgIpc) is 2.86. The second-order valence-corrected chi connectivity index (χ2v) is 5.44. The van der Waals surface area contributed by atoms with Crippen molar-refractivity contribution in [1.82, 2.24) is 15.1 Å². The molecular formula is C12H19N3O2. The fourth-order valence-electron chi connectivity index (χ4n) is 2.01. The Labute approximate surface area is 101 Å². The van der Waals surface area contributed by atoms with Crippen LogP contribution in [-0.2, 0) is 4.74 Å². The summed E-state index contributed by atoms with van der Waals surface area (Å²) in [5.74, 6) is 0.376. The van der Waals surface area contributed by atoms with Gasteiger partial charge in [0.05, 0.1) is 6.20 Å². The summed E-state index contributed by atoms with van der Waals surface area (Å²) < 4.78 is 5.35. The number of rotatable bonds is 1. The van der Waals surface area contributed by atoms with Gasteiger partial charge in [0.2, 0.25) is 0 Å². The highest BCUT2D eigenvalue weighted by molar-refractivity contribution is 5.68. The van der Waals surface area contributed by atoms with Crippen molar-refractivity contribution >= 4 is 6.09 Å². The van der Waals surface area contributed by atoms with E-state index in [0.29, 0.717) is 12.5 Å². The molecule has 0 bridgehead atoms. The Morgan fingerprint density at radius 2 is 2.35 bits per heavy atom. The van der Waals surface area contributed by atoms with Crippen molar-refractivity contribution in [3.05, 3.63) is 18.0 Å². The monoisotopic (exact) mass is 237 g/mol. The third-order valence-electron chi connectivity index (χ3n) is 2.83. The minimum absolute atomic E-state index is 0.219. The number of amides is 1. The molecule has 94 valence electrons. The van der Waals surface area contributed by atoms with Gasteiger partial charge in [-0.15, -0.1) is 0 Å². The number of carbonyl (C=O) groups excluding carboxylic acids is 1. The van der Waals surface area contributed by atoms with Crippen LogP contribution in [0.3, 0.4) is 0 Å². The number of nitrogens with one attached hydrogen (secondary N) is 1. The molecule has 1 aromatic heterocycles. The molecule has 5 heteroatoms. The standard InChI is InChI=1S/C12H19N3O2/c1-12(2,3)17-11(16)15-5-4-9(8-15)10-6-13-14-7-10/h6-7,9H,4-5,8H2,1-3H3,(H,13,14)/t9-/m0/s1. The van der Waals surface area contributed by atoms with Gasteiger partial charge in [0.1, 0.15) is 5.60 Å². The summed E-state index contributed by atoms with van der Waals surface area (Å²) >= 11 is 0. The average molecular weight is 237 g/mol. The third-order valence-corrected chi connectivity index (χ3v) is 2.83. The molecule has 1 aromatic rings. The Bertz CT molecular complexity index is 381. The van der Waals surface area contributed by atoms with Gasteiger partial charge in [-0.3, -0.25) is 5.10 Å². The molecule has 0 saturated carbocycles. The van der Waals surface area contributed by atoms with E-state index in [9.17, 15) is 4.79 Å². The number of hydrogen-bond donors (Lipinski definition) is 1. The Morgan fingerprint density at radius 3 is 2.94 bits per heavy atom. The molecule has 17 heavy (non-hydrogen) atoms. The van der Waals surface area contributed by atoms with Gasteiger partial charge < -0.3 is 9.64 Å². The lowest BCUT2D eigenvalue weighted by atomic mass is 10.0. The maximum absolute atomic E-state index is 11.9.